The number of anilines is 1. The normalized spacial score (nSPS) is 10.8. The maximum Gasteiger partial charge on any atom is 0.256 e. The van der Waals surface area contributed by atoms with E-state index in [0.717, 1.165) is 28.1 Å². The zero-order valence-corrected chi connectivity index (χ0v) is 15.4. The van der Waals surface area contributed by atoms with Crippen molar-refractivity contribution >= 4 is 11.6 Å². The Bertz CT molecular complexity index is 975. The van der Waals surface area contributed by atoms with E-state index in [1.807, 2.05) is 52.0 Å². The first-order chi connectivity index (χ1) is 12.3. The van der Waals surface area contributed by atoms with Crippen LogP contribution in [0.15, 0.2) is 42.5 Å². The van der Waals surface area contributed by atoms with Gasteiger partial charge in [0.15, 0.2) is 0 Å². The molecule has 0 fully saturated rings. The van der Waals surface area contributed by atoms with Gasteiger partial charge in [-0.1, -0.05) is 29.8 Å². The Labute approximate surface area is 152 Å². The fraction of sp³-hybridized carbons (Fsp3) is 0.238. The summed E-state index contributed by atoms with van der Waals surface area (Å²) in [6, 6.07) is 12.3. The van der Waals surface area contributed by atoms with Crippen LogP contribution in [0, 0.1) is 33.5 Å². The van der Waals surface area contributed by atoms with Gasteiger partial charge in [-0.15, -0.1) is 0 Å². The Morgan fingerprint density at radius 1 is 1.12 bits per heavy atom. The molecule has 0 saturated carbocycles. The topological polar surface area (TPSA) is 46.9 Å². The van der Waals surface area contributed by atoms with Crippen LogP contribution in [-0.2, 0) is 6.54 Å². The number of hydrogen-bond donors (Lipinski definition) is 1. The number of nitrogens with one attached hydrogen (secondary N) is 1. The second-order valence-corrected chi connectivity index (χ2v) is 6.61. The summed E-state index contributed by atoms with van der Waals surface area (Å²) < 4.78 is 15.2. The zero-order valence-electron chi connectivity index (χ0n) is 15.4. The molecule has 0 bridgehead atoms. The van der Waals surface area contributed by atoms with Crippen LogP contribution >= 0.6 is 0 Å². The van der Waals surface area contributed by atoms with E-state index in [1.165, 1.54) is 12.1 Å². The molecule has 4 nitrogen and oxygen atoms in total. The second kappa shape index (κ2) is 7.12. The molecule has 2 aromatic carbocycles. The first kappa shape index (κ1) is 17.9. The lowest BCUT2D eigenvalue weighted by molar-refractivity contribution is 0.102. The van der Waals surface area contributed by atoms with E-state index in [4.69, 9.17) is 0 Å². The third-order valence-electron chi connectivity index (χ3n) is 4.48. The van der Waals surface area contributed by atoms with Crippen molar-refractivity contribution in [2.75, 3.05) is 5.32 Å². The highest BCUT2D eigenvalue weighted by Gasteiger charge is 2.17. The number of carbonyl (C=O) groups is 1. The van der Waals surface area contributed by atoms with E-state index < -0.39 is 0 Å². The molecule has 5 heteroatoms. The van der Waals surface area contributed by atoms with Crippen LogP contribution in [-0.4, -0.2) is 15.7 Å². The number of halogens is 1. The fourth-order valence-electron chi connectivity index (χ4n) is 3.00. The summed E-state index contributed by atoms with van der Waals surface area (Å²) in [7, 11) is 0. The maximum absolute atomic E-state index is 13.4. The quantitative estimate of drug-likeness (QED) is 0.749. The van der Waals surface area contributed by atoms with E-state index in [0.29, 0.717) is 17.8 Å². The number of aryl methyl sites for hydroxylation is 3. The third-order valence-corrected chi connectivity index (χ3v) is 4.48. The van der Waals surface area contributed by atoms with E-state index in [2.05, 4.69) is 10.4 Å². The van der Waals surface area contributed by atoms with Crippen molar-refractivity contribution in [1.82, 2.24) is 9.78 Å². The number of amides is 1. The molecule has 0 radical (unpaired) electrons. The van der Waals surface area contributed by atoms with Gasteiger partial charge in [-0.2, -0.15) is 5.10 Å². The van der Waals surface area contributed by atoms with Crippen molar-refractivity contribution in [2.45, 2.75) is 34.2 Å². The predicted octanol–water partition coefficient (Wildman–Crippen LogP) is 4.56. The Balaban J connectivity index is 1.86. The molecule has 1 amide bonds. The van der Waals surface area contributed by atoms with Crippen LogP contribution < -0.4 is 5.32 Å². The lowest BCUT2D eigenvalue weighted by Crippen LogP contribution is -2.15. The van der Waals surface area contributed by atoms with Crippen LogP contribution in [0.4, 0.5) is 10.1 Å². The van der Waals surface area contributed by atoms with Crippen molar-refractivity contribution < 1.29 is 9.18 Å². The summed E-state index contributed by atoms with van der Waals surface area (Å²) >= 11 is 0. The maximum atomic E-state index is 13.4. The summed E-state index contributed by atoms with van der Waals surface area (Å²) in [5.74, 6) is -0.421. The zero-order chi connectivity index (χ0) is 18.8. The van der Waals surface area contributed by atoms with Crippen molar-refractivity contribution in [3.8, 4) is 0 Å². The Hall–Kier alpha value is -2.95. The summed E-state index contributed by atoms with van der Waals surface area (Å²) in [5.41, 5.74) is 5.71. The molecule has 0 aliphatic heterocycles. The van der Waals surface area contributed by atoms with E-state index in [1.54, 1.807) is 10.7 Å². The van der Waals surface area contributed by atoms with E-state index >= 15 is 0 Å². The molecule has 0 atom stereocenters. The van der Waals surface area contributed by atoms with Crippen molar-refractivity contribution in [2.24, 2.45) is 0 Å². The molecular weight excluding hydrogens is 329 g/mol. The Morgan fingerprint density at radius 2 is 1.88 bits per heavy atom. The molecule has 1 N–H and O–H groups in total. The number of carbonyl (C=O) groups excluding carboxylic acids is 1. The summed E-state index contributed by atoms with van der Waals surface area (Å²) in [4.78, 5) is 12.7. The molecule has 3 aromatic rings. The Kier molecular flexibility index (Phi) is 4.89. The minimum absolute atomic E-state index is 0.150. The SMILES string of the molecule is Cc1ccc(C)c(C(=O)Nc2c(C)nn(Cc3cccc(F)c3)c2C)c1. The molecule has 1 aromatic heterocycles. The largest absolute Gasteiger partial charge is 0.319 e. The van der Waals surface area contributed by atoms with Gasteiger partial charge < -0.3 is 5.32 Å². The monoisotopic (exact) mass is 351 g/mol. The highest BCUT2D eigenvalue weighted by atomic mass is 19.1. The molecule has 134 valence electrons. The van der Waals surface area contributed by atoms with Crippen molar-refractivity contribution in [3.63, 3.8) is 0 Å². The minimum atomic E-state index is -0.271. The minimum Gasteiger partial charge on any atom is -0.319 e. The number of hydrogen-bond acceptors (Lipinski definition) is 2. The first-order valence-electron chi connectivity index (χ1n) is 8.52. The molecule has 0 saturated heterocycles. The second-order valence-electron chi connectivity index (χ2n) is 6.61. The molecule has 26 heavy (non-hydrogen) atoms. The van der Waals surface area contributed by atoms with Crippen LogP contribution in [0.2, 0.25) is 0 Å². The summed E-state index contributed by atoms with van der Waals surface area (Å²) in [6.07, 6.45) is 0. The van der Waals surface area contributed by atoms with Gasteiger partial charge in [-0.3, -0.25) is 9.48 Å². The van der Waals surface area contributed by atoms with E-state index in [9.17, 15) is 9.18 Å². The molecule has 3 rings (SSSR count). The number of aromatic nitrogens is 2. The number of nitrogens with zero attached hydrogens (tertiary/aromatic N) is 2. The van der Waals surface area contributed by atoms with Gasteiger partial charge in [0.05, 0.1) is 23.6 Å². The van der Waals surface area contributed by atoms with Gasteiger partial charge in [0, 0.05) is 5.56 Å². The van der Waals surface area contributed by atoms with Crippen LogP contribution in [0.25, 0.3) is 0 Å². The fourth-order valence-corrected chi connectivity index (χ4v) is 3.00. The van der Waals surface area contributed by atoms with Crippen LogP contribution in [0.3, 0.4) is 0 Å². The molecule has 0 aliphatic carbocycles. The van der Waals surface area contributed by atoms with Gasteiger partial charge in [0.25, 0.3) is 5.91 Å². The smallest absolute Gasteiger partial charge is 0.256 e. The Morgan fingerprint density at radius 3 is 2.62 bits per heavy atom. The molecule has 0 spiro atoms. The lowest BCUT2D eigenvalue weighted by atomic mass is 10.0. The van der Waals surface area contributed by atoms with Crippen molar-refractivity contribution in [1.29, 1.82) is 0 Å². The third kappa shape index (κ3) is 3.67. The van der Waals surface area contributed by atoms with Crippen molar-refractivity contribution in [3.05, 3.63) is 81.9 Å². The predicted molar refractivity (Wildman–Crippen MR) is 101 cm³/mol. The number of rotatable bonds is 4. The summed E-state index contributed by atoms with van der Waals surface area (Å²) in [5, 5.41) is 7.49. The standard InChI is InChI=1S/C21H22FN3O/c1-13-8-9-14(2)19(10-13)21(26)23-20-15(3)24-25(16(20)4)12-17-6-5-7-18(22)11-17/h5-11H,12H2,1-4H3,(H,23,26). The van der Waals surface area contributed by atoms with Crippen LogP contribution in [0.1, 0.15) is 38.4 Å². The van der Waals surface area contributed by atoms with Crippen LogP contribution in [0.5, 0.6) is 0 Å². The van der Waals surface area contributed by atoms with Gasteiger partial charge in [-0.25, -0.2) is 4.39 Å². The average Bonchev–Trinajstić information content (AvgIpc) is 2.84. The molecular formula is C21H22FN3O. The molecule has 0 aliphatic rings. The van der Waals surface area contributed by atoms with Gasteiger partial charge >= 0.3 is 0 Å². The lowest BCUT2D eigenvalue weighted by Gasteiger charge is -2.10. The van der Waals surface area contributed by atoms with Gasteiger partial charge in [0.1, 0.15) is 5.82 Å². The first-order valence-corrected chi connectivity index (χ1v) is 8.52. The molecule has 1 heterocycles. The van der Waals surface area contributed by atoms with E-state index in [-0.39, 0.29) is 11.7 Å². The summed E-state index contributed by atoms with van der Waals surface area (Å²) in [6.45, 7) is 8.08. The van der Waals surface area contributed by atoms with Gasteiger partial charge in [0.2, 0.25) is 0 Å². The van der Waals surface area contributed by atoms with Gasteiger partial charge in [-0.05, 0) is 57.0 Å². The highest BCUT2D eigenvalue weighted by molar-refractivity contribution is 6.06. The highest BCUT2D eigenvalue weighted by Crippen LogP contribution is 2.22. The average molecular weight is 351 g/mol. The number of benzene rings is 2. The molecule has 0 unspecified atom stereocenters.